The summed E-state index contributed by atoms with van der Waals surface area (Å²) in [6, 6.07) is 12.7. The van der Waals surface area contributed by atoms with Gasteiger partial charge in [0, 0.05) is 29.6 Å². The van der Waals surface area contributed by atoms with E-state index in [1.54, 1.807) is 24.4 Å². The number of benzene rings is 2. The van der Waals surface area contributed by atoms with Crippen molar-refractivity contribution in [2.75, 3.05) is 23.9 Å². The molecule has 0 spiro atoms. The Labute approximate surface area is 168 Å². The predicted octanol–water partition coefficient (Wildman–Crippen LogP) is 4.20. The maximum Gasteiger partial charge on any atom is 0.244 e. The second-order valence-corrected chi connectivity index (χ2v) is 6.71. The van der Waals surface area contributed by atoms with E-state index in [0.717, 1.165) is 10.9 Å². The number of fused-ring (bicyclic) bond motifs is 1. The molecule has 3 rings (SSSR count). The summed E-state index contributed by atoms with van der Waals surface area (Å²) in [6.45, 7) is 3.05. The molecule has 0 saturated heterocycles. The van der Waals surface area contributed by atoms with Gasteiger partial charge in [-0.25, -0.2) is 0 Å². The molecular weight excluding hydrogens is 378 g/mol. The molecule has 7 heteroatoms. The van der Waals surface area contributed by atoms with E-state index in [1.165, 1.54) is 18.9 Å². The lowest BCUT2D eigenvalue weighted by Crippen LogP contribution is -2.37. The number of hydrogen-bond donors (Lipinski definition) is 1. The summed E-state index contributed by atoms with van der Waals surface area (Å²) < 4.78 is 5.35. The molecule has 0 radical (unpaired) electrons. The van der Waals surface area contributed by atoms with Gasteiger partial charge in [0.2, 0.25) is 11.8 Å². The number of ether oxygens (including phenoxy) is 1. The number of aromatic nitrogens is 1. The highest BCUT2D eigenvalue weighted by Gasteiger charge is 2.21. The van der Waals surface area contributed by atoms with Crippen molar-refractivity contribution in [3.63, 3.8) is 0 Å². The molecule has 2 amide bonds. The normalized spacial score (nSPS) is 10.6. The molecule has 0 unspecified atom stereocenters. The summed E-state index contributed by atoms with van der Waals surface area (Å²) >= 11 is 6.15. The standard InChI is InChI=1S/C21H20ClN3O3/c1-13-10-18(19(28-3)11-16(13)22)25(14(2)26)12-20(27)24-17-8-4-6-15-7-5-9-23-21(15)17/h4-11H,12H2,1-3H3,(H,24,27). The van der Waals surface area contributed by atoms with Crippen LogP contribution in [0.15, 0.2) is 48.7 Å². The number of hydrogen-bond acceptors (Lipinski definition) is 4. The molecule has 28 heavy (non-hydrogen) atoms. The fraction of sp³-hybridized carbons (Fsp3) is 0.190. The van der Waals surface area contributed by atoms with E-state index in [2.05, 4.69) is 10.3 Å². The van der Waals surface area contributed by atoms with Crippen molar-refractivity contribution >= 4 is 45.7 Å². The molecule has 0 saturated carbocycles. The summed E-state index contributed by atoms with van der Waals surface area (Å²) in [7, 11) is 1.49. The lowest BCUT2D eigenvalue weighted by Gasteiger charge is -2.23. The van der Waals surface area contributed by atoms with Crippen LogP contribution < -0.4 is 15.0 Å². The zero-order valence-corrected chi connectivity index (χ0v) is 16.6. The summed E-state index contributed by atoms with van der Waals surface area (Å²) in [5.74, 6) is -0.209. The molecule has 0 aliphatic heterocycles. The minimum atomic E-state index is -0.344. The molecule has 0 bridgehead atoms. The van der Waals surface area contributed by atoms with Crippen LogP contribution in [-0.4, -0.2) is 30.5 Å². The van der Waals surface area contributed by atoms with Crippen LogP contribution in [-0.2, 0) is 9.59 Å². The van der Waals surface area contributed by atoms with E-state index in [1.807, 2.05) is 31.2 Å². The second-order valence-electron chi connectivity index (χ2n) is 6.31. The number of amides is 2. The van der Waals surface area contributed by atoms with Crippen LogP contribution in [0.5, 0.6) is 5.75 Å². The van der Waals surface area contributed by atoms with Crippen LogP contribution in [0.2, 0.25) is 5.02 Å². The molecule has 0 atom stereocenters. The molecule has 6 nitrogen and oxygen atoms in total. The Morgan fingerprint density at radius 1 is 1.21 bits per heavy atom. The van der Waals surface area contributed by atoms with Crippen molar-refractivity contribution in [3.05, 3.63) is 59.2 Å². The quantitative estimate of drug-likeness (QED) is 0.700. The van der Waals surface area contributed by atoms with Crippen molar-refractivity contribution in [2.45, 2.75) is 13.8 Å². The van der Waals surface area contributed by atoms with E-state index in [-0.39, 0.29) is 18.4 Å². The number of methoxy groups -OCH3 is 1. The van der Waals surface area contributed by atoms with E-state index in [4.69, 9.17) is 16.3 Å². The van der Waals surface area contributed by atoms with Crippen LogP contribution in [0.1, 0.15) is 12.5 Å². The summed E-state index contributed by atoms with van der Waals surface area (Å²) in [5, 5.41) is 4.28. The topological polar surface area (TPSA) is 71.5 Å². The first-order valence-electron chi connectivity index (χ1n) is 8.66. The third kappa shape index (κ3) is 4.07. The lowest BCUT2D eigenvalue weighted by atomic mass is 10.1. The van der Waals surface area contributed by atoms with Gasteiger partial charge in [-0.2, -0.15) is 0 Å². The van der Waals surface area contributed by atoms with Gasteiger partial charge in [-0.3, -0.25) is 19.5 Å². The number of nitrogens with one attached hydrogen (secondary N) is 1. The third-order valence-corrected chi connectivity index (χ3v) is 4.75. The number of aryl methyl sites for hydroxylation is 1. The van der Waals surface area contributed by atoms with Crippen molar-refractivity contribution in [1.82, 2.24) is 4.98 Å². The monoisotopic (exact) mass is 397 g/mol. The summed E-state index contributed by atoms with van der Waals surface area (Å²) in [6.07, 6.45) is 1.67. The number of anilines is 2. The van der Waals surface area contributed by atoms with Crippen LogP contribution in [0.4, 0.5) is 11.4 Å². The SMILES string of the molecule is COc1cc(Cl)c(C)cc1N(CC(=O)Nc1cccc2cccnc12)C(C)=O. The average Bonchev–Trinajstić information content (AvgIpc) is 2.68. The first-order chi connectivity index (χ1) is 13.4. The van der Waals surface area contributed by atoms with Gasteiger partial charge in [0.1, 0.15) is 12.3 Å². The zero-order chi connectivity index (χ0) is 20.3. The van der Waals surface area contributed by atoms with Gasteiger partial charge < -0.3 is 10.1 Å². The van der Waals surface area contributed by atoms with Crippen molar-refractivity contribution < 1.29 is 14.3 Å². The minimum absolute atomic E-state index is 0.171. The number of para-hydroxylation sites is 1. The lowest BCUT2D eigenvalue weighted by molar-refractivity contribution is -0.120. The van der Waals surface area contributed by atoms with Gasteiger partial charge in [0.15, 0.2) is 0 Å². The molecule has 0 aliphatic rings. The Bertz CT molecular complexity index is 1050. The molecule has 2 aromatic carbocycles. The number of carbonyl (C=O) groups excluding carboxylic acids is 2. The fourth-order valence-electron chi connectivity index (χ4n) is 2.93. The number of nitrogens with zero attached hydrogens (tertiary/aromatic N) is 2. The number of carbonyl (C=O) groups is 2. The summed E-state index contributed by atoms with van der Waals surface area (Å²) in [4.78, 5) is 30.6. The Kier molecular flexibility index (Phi) is 5.80. The van der Waals surface area contributed by atoms with E-state index >= 15 is 0 Å². The van der Waals surface area contributed by atoms with E-state index in [9.17, 15) is 9.59 Å². The largest absolute Gasteiger partial charge is 0.495 e. The first-order valence-corrected chi connectivity index (χ1v) is 9.04. The highest BCUT2D eigenvalue weighted by atomic mass is 35.5. The first kappa shape index (κ1) is 19.6. The van der Waals surface area contributed by atoms with Gasteiger partial charge in [0.25, 0.3) is 0 Å². The molecule has 1 aromatic heterocycles. The van der Waals surface area contributed by atoms with E-state index < -0.39 is 0 Å². The second kappa shape index (κ2) is 8.27. The van der Waals surface area contributed by atoms with Gasteiger partial charge >= 0.3 is 0 Å². The Morgan fingerprint density at radius 3 is 2.68 bits per heavy atom. The van der Waals surface area contributed by atoms with Gasteiger partial charge in [0.05, 0.1) is 24.0 Å². The maximum atomic E-state index is 12.7. The molecule has 0 fully saturated rings. The van der Waals surface area contributed by atoms with Crippen molar-refractivity contribution in [1.29, 1.82) is 0 Å². The number of halogens is 1. The summed E-state index contributed by atoms with van der Waals surface area (Å²) in [5.41, 5.74) is 2.55. The predicted molar refractivity (Wildman–Crippen MR) is 111 cm³/mol. The van der Waals surface area contributed by atoms with Crippen LogP contribution >= 0.6 is 11.6 Å². The Morgan fingerprint density at radius 2 is 1.96 bits per heavy atom. The molecule has 1 N–H and O–H groups in total. The third-order valence-electron chi connectivity index (χ3n) is 4.34. The Balaban J connectivity index is 1.88. The fourth-order valence-corrected chi connectivity index (χ4v) is 3.08. The smallest absolute Gasteiger partial charge is 0.244 e. The molecule has 3 aromatic rings. The van der Waals surface area contributed by atoms with Crippen LogP contribution in [0, 0.1) is 6.92 Å². The van der Waals surface area contributed by atoms with Crippen molar-refractivity contribution in [3.8, 4) is 5.75 Å². The number of pyridine rings is 1. The highest BCUT2D eigenvalue weighted by Crippen LogP contribution is 2.34. The molecular formula is C21H20ClN3O3. The van der Waals surface area contributed by atoms with Gasteiger partial charge in [-0.1, -0.05) is 29.8 Å². The average molecular weight is 398 g/mol. The number of rotatable bonds is 5. The zero-order valence-electron chi connectivity index (χ0n) is 15.8. The molecule has 0 aliphatic carbocycles. The molecule has 1 heterocycles. The van der Waals surface area contributed by atoms with Crippen LogP contribution in [0.3, 0.4) is 0 Å². The Hall–Kier alpha value is -3.12. The maximum absolute atomic E-state index is 12.7. The van der Waals surface area contributed by atoms with Crippen LogP contribution in [0.25, 0.3) is 10.9 Å². The minimum Gasteiger partial charge on any atom is -0.495 e. The van der Waals surface area contributed by atoms with Gasteiger partial charge in [-0.05, 0) is 30.7 Å². The van der Waals surface area contributed by atoms with Crippen molar-refractivity contribution in [2.24, 2.45) is 0 Å². The highest BCUT2D eigenvalue weighted by molar-refractivity contribution is 6.31. The van der Waals surface area contributed by atoms with E-state index in [0.29, 0.717) is 27.7 Å². The molecule has 144 valence electrons. The van der Waals surface area contributed by atoms with Gasteiger partial charge in [-0.15, -0.1) is 0 Å².